The van der Waals surface area contributed by atoms with E-state index in [0.717, 1.165) is 0 Å². The van der Waals surface area contributed by atoms with Crippen LogP contribution < -0.4 is 5.32 Å². The van der Waals surface area contributed by atoms with Crippen LogP contribution >= 0.6 is 11.3 Å². The van der Waals surface area contributed by atoms with E-state index in [4.69, 9.17) is 0 Å². The lowest BCUT2D eigenvalue weighted by atomic mass is 10.2. The average Bonchev–Trinajstić information content (AvgIpc) is 3.06. The van der Waals surface area contributed by atoms with E-state index in [2.05, 4.69) is 25.8 Å². The van der Waals surface area contributed by atoms with Crippen molar-refractivity contribution in [2.75, 3.05) is 5.32 Å². The molecule has 0 saturated carbocycles. The van der Waals surface area contributed by atoms with E-state index >= 15 is 0 Å². The first-order valence-electron chi connectivity index (χ1n) is 5.30. The molecule has 19 heavy (non-hydrogen) atoms. The number of nitrogens with one attached hydrogen (secondary N) is 1. The summed E-state index contributed by atoms with van der Waals surface area (Å²) in [5.74, 6) is -0.559. The van der Waals surface area contributed by atoms with Gasteiger partial charge < -0.3 is 10.4 Å². The first kappa shape index (κ1) is 11.5. The van der Waals surface area contributed by atoms with Gasteiger partial charge >= 0.3 is 5.97 Å². The van der Waals surface area contributed by atoms with Crippen LogP contribution in [0.2, 0.25) is 0 Å². The van der Waals surface area contributed by atoms with E-state index in [-0.39, 0.29) is 0 Å². The Bertz CT molecular complexity index is 710. The molecule has 1 atom stereocenters. The molecule has 3 heterocycles. The van der Waals surface area contributed by atoms with Gasteiger partial charge in [0.15, 0.2) is 17.5 Å². The zero-order valence-corrected chi connectivity index (χ0v) is 10.3. The zero-order valence-electron chi connectivity index (χ0n) is 9.46. The highest BCUT2D eigenvalue weighted by Crippen LogP contribution is 2.23. The van der Waals surface area contributed by atoms with Crippen LogP contribution in [-0.2, 0) is 4.79 Å². The number of aromatic nitrogens is 5. The maximum Gasteiger partial charge on any atom is 0.331 e. The standard InChI is InChI=1S/C10H8N6O2S/c17-10(18)9(6-2-1-3-19-6)12-7-4-11-5-8-13-14-15-16(7)8/h1-5,9,12H,(H,17,18). The Morgan fingerprint density at radius 1 is 1.47 bits per heavy atom. The van der Waals surface area contributed by atoms with Crippen molar-refractivity contribution in [3.63, 3.8) is 0 Å². The molecule has 96 valence electrons. The molecule has 1 unspecified atom stereocenters. The second-order valence-corrected chi connectivity index (χ2v) is 4.65. The second kappa shape index (κ2) is 4.61. The predicted octanol–water partition coefficient (Wildman–Crippen LogP) is 0.819. The summed E-state index contributed by atoms with van der Waals surface area (Å²) in [7, 11) is 0. The molecule has 3 rings (SSSR count). The molecule has 0 radical (unpaired) electrons. The molecule has 0 aliphatic carbocycles. The third kappa shape index (κ3) is 2.10. The van der Waals surface area contributed by atoms with Gasteiger partial charge in [0.1, 0.15) is 0 Å². The van der Waals surface area contributed by atoms with Gasteiger partial charge in [-0.25, -0.2) is 4.79 Å². The van der Waals surface area contributed by atoms with Crippen LogP contribution in [0.5, 0.6) is 0 Å². The first-order valence-corrected chi connectivity index (χ1v) is 6.18. The fourth-order valence-corrected chi connectivity index (χ4v) is 2.40. The van der Waals surface area contributed by atoms with Crippen molar-refractivity contribution < 1.29 is 9.90 Å². The number of nitrogens with zero attached hydrogens (tertiary/aromatic N) is 5. The molecule has 8 nitrogen and oxygen atoms in total. The lowest BCUT2D eigenvalue weighted by Gasteiger charge is -2.13. The molecule has 3 aromatic heterocycles. The van der Waals surface area contributed by atoms with Gasteiger partial charge in [0.2, 0.25) is 0 Å². The van der Waals surface area contributed by atoms with Gasteiger partial charge in [0.25, 0.3) is 0 Å². The van der Waals surface area contributed by atoms with Gasteiger partial charge in [0, 0.05) is 4.88 Å². The minimum atomic E-state index is -0.979. The molecule has 0 fully saturated rings. The molecule has 0 saturated heterocycles. The monoisotopic (exact) mass is 276 g/mol. The summed E-state index contributed by atoms with van der Waals surface area (Å²) >= 11 is 1.36. The summed E-state index contributed by atoms with van der Waals surface area (Å²) in [6.45, 7) is 0. The second-order valence-electron chi connectivity index (χ2n) is 3.67. The molecule has 3 aromatic rings. The van der Waals surface area contributed by atoms with Crippen LogP contribution in [0.3, 0.4) is 0 Å². The van der Waals surface area contributed by atoms with Crippen LogP contribution in [0.25, 0.3) is 5.65 Å². The number of aliphatic carboxylic acids is 1. The molecule has 0 aliphatic rings. The Balaban J connectivity index is 1.98. The highest BCUT2D eigenvalue weighted by atomic mass is 32.1. The van der Waals surface area contributed by atoms with Gasteiger partial charge in [-0.1, -0.05) is 6.07 Å². The maximum absolute atomic E-state index is 11.3. The Kier molecular flexibility index (Phi) is 2.80. The number of carboxylic acids is 1. The smallest absolute Gasteiger partial charge is 0.331 e. The SMILES string of the molecule is O=C(O)C(Nc1cncc2nnnn12)c1cccs1. The fraction of sp³-hybridized carbons (Fsp3) is 0.100. The van der Waals surface area contributed by atoms with Gasteiger partial charge in [0.05, 0.1) is 12.4 Å². The molecule has 0 amide bonds. The number of tetrazole rings is 1. The maximum atomic E-state index is 11.3. The Morgan fingerprint density at radius 2 is 2.37 bits per heavy atom. The molecule has 0 aromatic carbocycles. The third-order valence-corrected chi connectivity index (χ3v) is 3.41. The summed E-state index contributed by atoms with van der Waals surface area (Å²) < 4.78 is 1.40. The lowest BCUT2D eigenvalue weighted by molar-refractivity contribution is -0.138. The minimum absolute atomic E-state index is 0.420. The third-order valence-electron chi connectivity index (χ3n) is 2.48. The average molecular weight is 276 g/mol. The van der Waals surface area contributed by atoms with E-state index in [1.165, 1.54) is 28.2 Å². The number of rotatable bonds is 4. The number of anilines is 1. The van der Waals surface area contributed by atoms with Crippen molar-refractivity contribution in [1.29, 1.82) is 0 Å². The number of carbonyl (C=O) groups is 1. The van der Waals surface area contributed by atoms with Gasteiger partial charge in [-0.2, -0.15) is 4.52 Å². The number of thiophene rings is 1. The zero-order chi connectivity index (χ0) is 13.2. The number of hydrogen-bond acceptors (Lipinski definition) is 7. The fourth-order valence-electron chi connectivity index (χ4n) is 1.63. The Labute approximate surface area is 110 Å². The van der Waals surface area contributed by atoms with E-state index in [0.29, 0.717) is 16.3 Å². The number of carboxylic acid groups (broad SMARTS) is 1. The summed E-state index contributed by atoms with van der Waals surface area (Å²) in [4.78, 5) is 16.0. The Hall–Kier alpha value is -2.55. The molecule has 0 spiro atoms. The summed E-state index contributed by atoms with van der Waals surface area (Å²) in [5, 5.41) is 25.0. The van der Waals surface area contributed by atoms with Crippen LogP contribution in [0.1, 0.15) is 10.9 Å². The highest BCUT2D eigenvalue weighted by Gasteiger charge is 2.22. The van der Waals surface area contributed by atoms with Crippen molar-refractivity contribution in [1.82, 2.24) is 25.0 Å². The summed E-state index contributed by atoms with van der Waals surface area (Å²) in [6, 6.07) is 2.69. The van der Waals surface area contributed by atoms with E-state index in [1.54, 1.807) is 12.1 Å². The van der Waals surface area contributed by atoms with Crippen LogP contribution in [0.4, 0.5) is 5.82 Å². The van der Waals surface area contributed by atoms with Crippen LogP contribution in [0, 0.1) is 0 Å². The van der Waals surface area contributed by atoms with Crippen molar-refractivity contribution in [2.45, 2.75) is 6.04 Å². The van der Waals surface area contributed by atoms with Crippen LogP contribution in [0.15, 0.2) is 29.9 Å². The summed E-state index contributed by atoms with van der Waals surface area (Å²) in [5.41, 5.74) is 0.445. The van der Waals surface area contributed by atoms with E-state index in [9.17, 15) is 9.90 Å². The molecule has 9 heteroatoms. The lowest BCUT2D eigenvalue weighted by Crippen LogP contribution is -2.21. The van der Waals surface area contributed by atoms with E-state index in [1.807, 2.05) is 5.38 Å². The number of hydrogen-bond donors (Lipinski definition) is 2. The molecular formula is C10H8N6O2S. The topological polar surface area (TPSA) is 105 Å². The highest BCUT2D eigenvalue weighted by molar-refractivity contribution is 7.10. The van der Waals surface area contributed by atoms with Gasteiger partial charge in [-0.3, -0.25) is 4.98 Å². The Morgan fingerprint density at radius 3 is 3.11 bits per heavy atom. The largest absolute Gasteiger partial charge is 0.479 e. The normalized spacial score (nSPS) is 12.4. The van der Waals surface area contributed by atoms with Crippen molar-refractivity contribution in [3.05, 3.63) is 34.8 Å². The van der Waals surface area contributed by atoms with Crippen LogP contribution in [-0.4, -0.2) is 36.1 Å². The molecule has 2 N–H and O–H groups in total. The molecular weight excluding hydrogens is 268 g/mol. The van der Waals surface area contributed by atoms with E-state index < -0.39 is 12.0 Å². The molecule has 0 bridgehead atoms. The summed E-state index contributed by atoms with van der Waals surface area (Å²) in [6.07, 6.45) is 2.97. The van der Waals surface area contributed by atoms with Crippen molar-refractivity contribution >= 4 is 28.8 Å². The first-order chi connectivity index (χ1) is 9.25. The quantitative estimate of drug-likeness (QED) is 0.726. The van der Waals surface area contributed by atoms with Crippen molar-refractivity contribution in [3.8, 4) is 0 Å². The van der Waals surface area contributed by atoms with Gasteiger partial charge in [-0.15, -0.1) is 16.4 Å². The molecule has 0 aliphatic heterocycles. The number of fused-ring (bicyclic) bond motifs is 1. The predicted molar refractivity (Wildman–Crippen MR) is 66.9 cm³/mol. The van der Waals surface area contributed by atoms with Gasteiger partial charge in [-0.05, 0) is 21.9 Å². The minimum Gasteiger partial charge on any atom is -0.479 e. The van der Waals surface area contributed by atoms with Crippen molar-refractivity contribution in [2.24, 2.45) is 0 Å².